The molecule has 1 heterocycles. The Hall–Kier alpha value is -2.86. The lowest BCUT2D eigenvalue weighted by Crippen LogP contribution is -2.10. The highest BCUT2D eigenvalue weighted by Crippen LogP contribution is 2.43. The van der Waals surface area contributed by atoms with E-state index in [0.717, 1.165) is 21.2 Å². The lowest BCUT2D eigenvalue weighted by Gasteiger charge is -2.10. The van der Waals surface area contributed by atoms with Crippen molar-refractivity contribution in [1.29, 1.82) is 0 Å². The van der Waals surface area contributed by atoms with Gasteiger partial charge >= 0.3 is 5.97 Å². The number of carbonyl (C=O) groups is 2. The number of aryl methyl sites for hydroxylation is 1. The predicted molar refractivity (Wildman–Crippen MR) is 108 cm³/mol. The molecule has 0 radical (unpaired) electrons. The van der Waals surface area contributed by atoms with Crippen LogP contribution in [-0.4, -0.2) is 18.5 Å². The van der Waals surface area contributed by atoms with Crippen molar-refractivity contribution < 1.29 is 19.1 Å². The van der Waals surface area contributed by atoms with E-state index >= 15 is 0 Å². The van der Waals surface area contributed by atoms with Crippen LogP contribution in [0.1, 0.15) is 35.3 Å². The van der Waals surface area contributed by atoms with Crippen LogP contribution < -0.4 is 10.1 Å². The van der Waals surface area contributed by atoms with E-state index < -0.39 is 5.97 Å². The Balaban J connectivity index is 2.07. The molecule has 2 aromatic carbocycles. The molecule has 1 aromatic heterocycles. The van der Waals surface area contributed by atoms with Crippen LogP contribution in [0.2, 0.25) is 0 Å². The minimum absolute atomic E-state index is 0.240. The highest BCUT2D eigenvalue weighted by Gasteiger charge is 2.23. The van der Waals surface area contributed by atoms with Crippen molar-refractivity contribution in [2.75, 3.05) is 11.9 Å². The first-order valence-electron chi connectivity index (χ1n) is 8.68. The Morgan fingerprint density at radius 1 is 1.11 bits per heavy atom. The summed E-state index contributed by atoms with van der Waals surface area (Å²) in [6.45, 7) is 5.81. The normalized spacial score (nSPS) is 10.6. The van der Waals surface area contributed by atoms with Crippen LogP contribution in [0.15, 0.2) is 42.5 Å². The molecule has 27 heavy (non-hydrogen) atoms. The first kappa shape index (κ1) is 18.9. The summed E-state index contributed by atoms with van der Waals surface area (Å²) in [5.74, 6) is 0.0180. The SMILES string of the molecule is CCOC(=O)c1c(NC(C)=O)sc2c(OCc3ccccc3)c(C)ccc12. The van der Waals surface area contributed by atoms with Crippen LogP contribution in [-0.2, 0) is 16.1 Å². The molecular weight excluding hydrogens is 362 g/mol. The lowest BCUT2D eigenvalue weighted by atomic mass is 10.1. The number of anilines is 1. The van der Waals surface area contributed by atoms with Gasteiger partial charge in [-0.2, -0.15) is 0 Å². The average Bonchev–Trinajstić information content (AvgIpc) is 2.99. The van der Waals surface area contributed by atoms with Gasteiger partial charge in [-0.3, -0.25) is 4.79 Å². The van der Waals surface area contributed by atoms with Crippen LogP contribution in [0.3, 0.4) is 0 Å². The number of carbonyl (C=O) groups excluding carboxylic acids is 2. The third-order valence-electron chi connectivity index (χ3n) is 4.00. The third-order valence-corrected chi connectivity index (χ3v) is 5.12. The molecule has 0 fully saturated rings. The quantitative estimate of drug-likeness (QED) is 0.614. The van der Waals surface area contributed by atoms with E-state index in [1.54, 1.807) is 6.92 Å². The van der Waals surface area contributed by atoms with E-state index in [9.17, 15) is 9.59 Å². The topological polar surface area (TPSA) is 64.6 Å². The monoisotopic (exact) mass is 383 g/mol. The van der Waals surface area contributed by atoms with Gasteiger partial charge in [0, 0.05) is 12.3 Å². The van der Waals surface area contributed by atoms with Crippen LogP contribution in [0.5, 0.6) is 5.75 Å². The van der Waals surface area contributed by atoms with Gasteiger partial charge in [-0.15, -0.1) is 11.3 Å². The summed E-state index contributed by atoms with van der Waals surface area (Å²) in [4.78, 5) is 24.1. The van der Waals surface area contributed by atoms with Crippen molar-refractivity contribution in [3.63, 3.8) is 0 Å². The molecule has 0 aliphatic heterocycles. The molecule has 0 bridgehead atoms. The largest absolute Gasteiger partial charge is 0.487 e. The zero-order valence-electron chi connectivity index (χ0n) is 15.5. The van der Waals surface area contributed by atoms with Crippen LogP contribution in [0.4, 0.5) is 5.00 Å². The Labute approximate surface area is 161 Å². The summed E-state index contributed by atoms with van der Waals surface area (Å²) >= 11 is 1.32. The fourth-order valence-corrected chi connectivity index (χ4v) is 4.08. The number of fused-ring (bicyclic) bond motifs is 1. The van der Waals surface area contributed by atoms with E-state index in [1.165, 1.54) is 18.3 Å². The standard InChI is InChI=1S/C21H21NO4S/c1-4-25-21(24)17-16-11-10-13(2)18(19(16)27-20(17)22-14(3)23)26-12-15-8-6-5-7-9-15/h5-11H,4,12H2,1-3H3,(H,22,23). The zero-order chi connectivity index (χ0) is 19.4. The number of nitrogens with one attached hydrogen (secondary N) is 1. The average molecular weight is 383 g/mol. The lowest BCUT2D eigenvalue weighted by molar-refractivity contribution is -0.114. The second kappa shape index (κ2) is 8.22. The number of hydrogen-bond donors (Lipinski definition) is 1. The van der Waals surface area contributed by atoms with E-state index in [4.69, 9.17) is 9.47 Å². The number of rotatable bonds is 6. The Kier molecular flexibility index (Phi) is 5.76. The van der Waals surface area contributed by atoms with Gasteiger partial charge in [0.25, 0.3) is 0 Å². The molecule has 0 saturated heterocycles. The minimum Gasteiger partial charge on any atom is -0.487 e. The number of ether oxygens (including phenoxy) is 2. The molecule has 0 saturated carbocycles. The van der Waals surface area contributed by atoms with Gasteiger partial charge in [0.1, 0.15) is 22.9 Å². The third kappa shape index (κ3) is 4.11. The molecule has 3 aromatic rings. The highest BCUT2D eigenvalue weighted by molar-refractivity contribution is 7.23. The summed E-state index contributed by atoms with van der Waals surface area (Å²) in [6, 6.07) is 13.7. The summed E-state index contributed by atoms with van der Waals surface area (Å²) in [5, 5.41) is 3.94. The van der Waals surface area contributed by atoms with Gasteiger partial charge in [0.15, 0.2) is 0 Å². The second-order valence-corrected chi connectivity index (χ2v) is 7.09. The summed E-state index contributed by atoms with van der Waals surface area (Å²) in [5.41, 5.74) is 2.39. The van der Waals surface area contributed by atoms with Crippen molar-refractivity contribution in [3.05, 3.63) is 59.2 Å². The molecule has 1 amide bonds. The summed E-state index contributed by atoms with van der Waals surface area (Å²) in [6.07, 6.45) is 0. The number of benzene rings is 2. The first-order valence-corrected chi connectivity index (χ1v) is 9.50. The molecule has 3 rings (SSSR count). The molecule has 0 unspecified atom stereocenters. The van der Waals surface area contributed by atoms with Crippen LogP contribution in [0.25, 0.3) is 10.1 Å². The fourth-order valence-electron chi connectivity index (χ4n) is 2.80. The first-order chi connectivity index (χ1) is 13.0. The fraction of sp³-hybridized carbons (Fsp3) is 0.238. The maximum Gasteiger partial charge on any atom is 0.341 e. The van der Waals surface area contributed by atoms with E-state index in [2.05, 4.69) is 5.32 Å². The van der Waals surface area contributed by atoms with Crippen molar-refractivity contribution in [3.8, 4) is 5.75 Å². The maximum absolute atomic E-state index is 12.5. The smallest absolute Gasteiger partial charge is 0.341 e. The Bertz CT molecular complexity index is 979. The van der Waals surface area contributed by atoms with Crippen molar-refractivity contribution in [2.45, 2.75) is 27.4 Å². The Morgan fingerprint density at radius 2 is 1.85 bits per heavy atom. The molecule has 0 aliphatic carbocycles. The van der Waals surface area contributed by atoms with Crippen molar-refractivity contribution in [2.24, 2.45) is 0 Å². The summed E-state index contributed by atoms with van der Waals surface area (Å²) < 4.78 is 12.1. The van der Waals surface area contributed by atoms with Crippen LogP contribution in [0, 0.1) is 6.92 Å². The van der Waals surface area contributed by atoms with E-state index in [1.807, 2.05) is 49.4 Å². The molecule has 6 heteroatoms. The Morgan fingerprint density at radius 3 is 2.52 bits per heavy atom. The number of esters is 1. The van der Waals surface area contributed by atoms with Crippen LogP contribution >= 0.6 is 11.3 Å². The van der Waals surface area contributed by atoms with Gasteiger partial charge in [-0.1, -0.05) is 42.5 Å². The van der Waals surface area contributed by atoms with Gasteiger partial charge in [-0.05, 0) is 25.0 Å². The predicted octanol–water partition coefficient (Wildman–Crippen LogP) is 4.92. The minimum atomic E-state index is -0.453. The molecule has 0 aliphatic rings. The summed E-state index contributed by atoms with van der Waals surface area (Å²) in [7, 11) is 0. The maximum atomic E-state index is 12.5. The number of amides is 1. The molecule has 140 valence electrons. The zero-order valence-corrected chi connectivity index (χ0v) is 16.3. The van der Waals surface area contributed by atoms with Gasteiger partial charge in [0.05, 0.1) is 11.3 Å². The van der Waals surface area contributed by atoms with E-state index in [-0.39, 0.29) is 12.5 Å². The molecular formula is C21H21NO4S. The highest BCUT2D eigenvalue weighted by atomic mass is 32.1. The molecule has 0 spiro atoms. The molecule has 5 nitrogen and oxygen atoms in total. The second-order valence-electron chi connectivity index (χ2n) is 6.07. The van der Waals surface area contributed by atoms with Crippen molar-refractivity contribution >= 4 is 38.3 Å². The van der Waals surface area contributed by atoms with Gasteiger partial charge in [0.2, 0.25) is 5.91 Å². The number of hydrogen-bond acceptors (Lipinski definition) is 5. The van der Waals surface area contributed by atoms with Gasteiger partial charge in [-0.25, -0.2) is 4.79 Å². The van der Waals surface area contributed by atoms with E-state index in [0.29, 0.717) is 22.9 Å². The van der Waals surface area contributed by atoms with Gasteiger partial charge < -0.3 is 14.8 Å². The number of thiophene rings is 1. The van der Waals surface area contributed by atoms with Crippen molar-refractivity contribution in [1.82, 2.24) is 0 Å². The molecule has 1 N–H and O–H groups in total. The molecule has 0 atom stereocenters.